The second-order valence-electron chi connectivity index (χ2n) is 5.66. The van der Waals surface area contributed by atoms with Gasteiger partial charge in [-0.15, -0.1) is 11.3 Å². The molecule has 0 saturated carbocycles. The summed E-state index contributed by atoms with van der Waals surface area (Å²) in [5.74, 6) is 1.19. The molecule has 6 heteroatoms. The summed E-state index contributed by atoms with van der Waals surface area (Å²) in [5, 5.41) is 1.19. The minimum absolute atomic E-state index is 0.332. The zero-order valence-electron chi connectivity index (χ0n) is 14.7. The second-order valence-corrected chi connectivity index (χ2v) is 7.27. The number of rotatable bonds is 5. The Balaban J connectivity index is 1.94. The van der Waals surface area contributed by atoms with Crippen molar-refractivity contribution in [1.29, 1.82) is 0 Å². The number of para-hydroxylation sites is 1. The molecule has 0 N–H and O–H groups in total. The molecule has 4 nitrogen and oxygen atoms in total. The number of carbonyl (C=O) groups is 1. The number of benzene rings is 2. The number of halogens is 1. The van der Waals surface area contributed by atoms with Gasteiger partial charge in [0.2, 0.25) is 0 Å². The molecule has 0 atom stereocenters. The first-order valence-electron chi connectivity index (χ1n) is 8.20. The molecule has 0 unspecified atom stereocenters. The summed E-state index contributed by atoms with van der Waals surface area (Å²) in [5.41, 5.74) is 1.40. The number of hydrogen-bond donors (Lipinski definition) is 0. The van der Waals surface area contributed by atoms with Crippen molar-refractivity contribution < 1.29 is 14.3 Å². The SMILES string of the molecule is CCc1c(Oc2ccccc2)ccc(Cl)c1OC(=O)c1sc(C)nc1C. The van der Waals surface area contributed by atoms with Crippen LogP contribution in [0.1, 0.15) is 32.9 Å². The first-order chi connectivity index (χ1) is 12.5. The predicted molar refractivity (Wildman–Crippen MR) is 104 cm³/mol. The third-order valence-electron chi connectivity index (χ3n) is 3.78. The molecule has 0 saturated heterocycles. The third-order valence-corrected chi connectivity index (χ3v) is 5.13. The van der Waals surface area contributed by atoms with Crippen LogP contribution in [-0.4, -0.2) is 11.0 Å². The van der Waals surface area contributed by atoms with Gasteiger partial charge in [0.15, 0.2) is 5.75 Å². The fourth-order valence-electron chi connectivity index (χ4n) is 2.60. The summed E-state index contributed by atoms with van der Waals surface area (Å²) in [6.45, 7) is 5.60. The molecule has 134 valence electrons. The van der Waals surface area contributed by atoms with Gasteiger partial charge in [-0.3, -0.25) is 0 Å². The Morgan fingerprint density at radius 2 is 1.88 bits per heavy atom. The average Bonchev–Trinajstić information content (AvgIpc) is 2.97. The van der Waals surface area contributed by atoms with E-state index in [2.05, 4.69) is 4.98 Å². The van der Waals surface area contributed by atoms with E-state index < -0.39 is 5.97 Å². The van der Waals surface area contributed by atoms with E-state index in [-0.39, 0.29) is 0 Å². The van der Waals surface area contributed by atoms with Crippen LogP contribution in [0.4, 0.5) is 0 Å². The first kappa shape index (κ1) is 18.4. The van der Waals surface area contributed by atoms with E-state index in [1.54, 1.807) is 19.1 Å². The quantitative estimate of drug-likeness (QED) is 0.398. The van der Waals surface area contributed by atoms with Gasteiger partial charge in [0.25, 0.3) is 0 Å². The second kappa shape index (κ2) is 7.89. The van der Waals surface area contributed by atoms with Gasteiger partial charge in [0.1, 0.15) is 16.4 Å². The van der Waals surface area contributed by atoms with Crippen LogP contribution in [-0.2, 0) is 6.42 Å². The Labute approximate surface area is 161 Å². The van der Waals surface area contributed by atoms with Crippen molar-refractivity contribution in [2.24, 2.45) is 0 Å². The number of hydrogen-bond acceptors (Lipinski definition) is 5. The standard InChI is InChI=1S/C20H18ClNO3S/c1-4-15-17(24-14-8-6-5-7-9-14)11-10-16(21)18(15)25-20(23)19-12(2)22-13(3)26-19/h5-11H,4H2,1-3H3. The summed E-state index contributed by atoms with van der Waals surface area (Å²) in [6.07, 6.45) is 0.603. The van der Waals surface area contributed by atoms with Crippen molar-refractivity contribution >= 4 is 28.9 Å². The molecule has 1 aromatic heterocycles. The molecule has 0 spiro atoms. The highest BCUT2D eigenvalue weighted by atomic mass is 35.5. The number of ether oxygens (including phenoxy) is 2. The van der Waals surface area contributed by atoms with E-state index in [9.17, 15) is 4.79 Å². The van der Waals surface area contributed by atoms with Gasteiger partial charge in [-0.1, -0.05) is 36.7 Å². The van der Waals surface area contributed by atoms with Crippen LogP contribution >= 0.6 is 22.9 Å². The van der Waals surface area contributed by atoms with Crippen LogP contribution in [0, 0.1) is 13.8 Å². The van der Waals surface area contributed by atoms with Crippen molar-refractivity contribution in [1.82, 2.24) is 4.98 Å². The minimum atomic E-state index is -0.457. The van der Waals surface area contributed by atoms with E-state index in [0.717, 1.165) is 10.6 Å². The molecule has 2 aromatic carbocycles. The summed E-state index contributed by atoms with van der Waals surface area (Å²) in [6, 6.07) is 12.9. The minimum Gasteiger partial charge on any atom is -0.457 e. The Hall–Kier alpha value is -2.37. The van der Waals surface area contributed by atoms with Gasteiger partial charge in [-0.2, -0.15) is 0 Å². The molecule has 0 aliphatic carbocycles. The van der Waals surface area contributed by atoms with Crippen molar-refractivity contribution in [2.75, 3.05) is 0 Å². The molecular formula is C20H18ClNO3S. The van der Waals surface area contributed by atoms with E-state index in [1.165, 1.54) is 11.3 Å². The van der Waals surface area contributed by atoms with Gasteiger partial charge in [0.05, 0.1) is 15.7 Å². The predicted octanol–water partition coefficient (Wildman–Crippen LogP) is 5.99. The zero-order valence-corrected chi connectivity index (χ0v) is 16.3. The van der Waals surface area contributed by atoms with Gasteiger partial charge >= 0.3 is 5.97 Å². The van der Waals surface area contributed by atoms with Crippen LogP contribution in [0.25, 0.3) is 0 Å². The van der Waals surface area contributed by atoms with Crippen molar-refractivity contribution in [3.05, 3.63) is 68.6 Å². The van der Waals surface area contributed by atoms with E-state index in [0.29, 0.717) is 39.3 Å². The van der Waals surface area contributed by atoms with E-state index in [1.807, 2.05) is 44.2 Å². The first-order valence-corrected chi connectivity index (χ1v) is 9.39. The molecule has 0 aliphatic heterocycles. The molecule has 1 heterocycles. The van der Waals surface area contributed by atoms with Crippen molar-refractivity contribution in [3.8, 4) is 17.2 Å². The maximum absolute atomic E-state index is 12.6. The maximum Gasteiger partial charge on any atom is 0.355 e. The smallest absolute Gasteiger partial charge is 0.355 e. The van der Waals surface area contributed by atoms with Crippen LogP contribution in [0.3, 0.4) is 0 Å². The lowest BCUT2D eigenvalue weighted by atomic mass is 10.1. The fourth-order valence-corrected chi connectivity index (χ4v) is 3.61. The van der Waals surface area contributed by atoms with Crippen LogP contribution < -0.4 is 9.47 Å². The van der Waals surface area contributed by atoms with Crippen LogP contribution in [0.2, 0.25) is 5.02 Å². The summed E-state index contributed by atoms with van der Waals surface area (Å²) >= 11 is 7.62. The number of esters is 1. The van der Waals surface area contributed by atoms with Crippen LogP contribution in [0.5, 0.6) is 17.2 Å². The Bertz CT molecular complexity index is 938. The summed E-state index contributed by atoms with van der Waals surface area (Å²) in [7, 11) is 0. The monoisotopic (exact) mass is 387 g/mol. The fraction of sp³-hybridized carbons (Fsp3) is 0.200. The average molecular weight is 388 g/mol. The number of aryl methyl sites for hydroxylation is 2. The molecule has 0 fully saturated rings. The molecule has 0 aliphatic rings. The molecular weight excluding hydrogens is 370 g/mol. The molecule has 26 heavy (non-hydrogen) atoms. The lowest BCUT2D eigenvalue weighted by molar-refractivity contribution is 0.0737. The number of carbonyl (C=O) groups excluding carboxylic acids is 1. The third kappa shape index (κ3) is 3.89. The normalized spacial score (nSPS) is 10.6. The van der Waals surface area contributed by atoms with Gasteiger partial charge in [-0.25, -0.2) is 9.78 Å². The van der Waals surface area contributed by atoms with Crippen LogP contribution in [0.15, 0.2) is 42.5 Å². The Kier molecular flexibility index (Phi) is 5.59. The van der Waals surface area contributed by atoms with Gasteiger partial charge in [-0.05, 0) is 44.5 Å². The van der Waals surface area contributed by atoms with Crippen molar-refractivity contribution in [2.45, 2.75) is 27.2 Å². The van der Waals surface area contributed by atoms with Crippen molar-refractivity contribution in [3.63, 3.8) is 0 Å². The zero-order chi connectivity index (χ0) is 18.7. The number of aromatic nitrogens is 1. The van der Waals surface area contributed by atoms with Gasteiger partial charge < -0.3 is 9.47 Å². The highest BCUT2D eigenvalue weighted by Gasteiger charge is 2.21. The van der Waals surface area contributed by atoms with Gasteiger partial charge in [0, 0.05) is 5.56 Å². The van der Waals surface area contributed by atoms with E-state index in [4.69, 9.17) is 21.1 Å². The molecule has 3 aromatic rings. The summed E-state index contributed by atoms with van der Waals surface area (Å²) in [4.78, 5) is 17.3. The highest BCUT2D eigenvalue weighted by molar-refractivity contribution is 7.13. The Morgan fingerprint density at radius 1 is 1.15 bits per heavy atom. The Morgan fingerprint density at radius 3 is 2.50 bits per heavy atom. The summed E-state index contributed by atoms with van der Waals surface area (Å²) < 4.78 is 11.6. The lowest BCUT2D eigenvalue weighted by Crippen LogP contribution is -2.10. The lowest BCUT2D eigenvalue weighted by Gasteiger charge is -2.15. The number of thiazole rings is 1. The molecule has 3 rings (SSSR count). The largest absolute Gasteiger partial charge is 0.457 e. The molecule has 0 bridgehead atoms. The maximum atomic E-state index is 12.6. The highest BCUT2D eigenvalue weighted by Crippen LogP contribution is 2.38. The number of nitrogens with zero attached hydrogens (tertiary/aromatic N) is 1. The molecule has 0 radical (unpaired) electrons. The molecule has 0 amide bonds. The topological polar surface area (TPSA) is 48.4 Å². The van der Waals surface area contributed by atoms with E-state index >= 15 is 0 Å².